The lowest BCUT2D eigenvalue weighted by Crippen LogP contribution is -2.09. The highest BCUT2D eigenvalue weighted by atomic mass is 16.5. The van der Waals surface area contributed by atoms with Crippen LogP contribution in [0.15, 0.2) is 11.1 Å². The van der Waals surface area contributed by atoms with E-state index in [0.717, 1.165) is 29.5 Å². The molecule has 4 heteroatoms. The average Bonchev–Trinajstić information content (AvgIpc) is 3.09. The van der Waals surface area contributed by atoms with Crippen molar-refractivity contribution in [1.29, 1.82) is 0 Å². The highest BCUT2D eigenvalue weighted by molar-refractivity contribution is 5.58. The molecule has 0 bridgehead atoms. The van der Waals surface area contributed by atoms with Gasteiger partial charge in [-0.15, -0.1) is 0 Å². The van der Waals surface area contributed by atoms with Crippen LogP contribution in [0, 0.1) is 13.8 Å². The van der Waals surface area contributed by atoms with Crippen molar-refractivity contribution in [3.63, 3.8) is 0 Å². The summed E-state index contributed by atoms with van der Waals surface area (Å²) in [5.74, 6) is 1.42. The fourth-order valence-electron chi connectivity index (χ4n) is 2.67. The zero-order chi connectivity index (χ0) is 13.3. The number of aliphatic imine (C=N–C) groups is 1. The third-order valence-electron chi connectivity index (χ3n) is 3.55. The third-order valence-corrected chi connectivity index (χ3v) is 3.55. The Balaban J connectivity index is 2.65. The second kappa shape index (κ2) is 4.46. The van der Waals surface area contributed by atoms with Gasteiger partial charge < -0.3 is 9.47 Å². The van der Waals surface area contributed by atoms with Crippen LogP contribution in [0.4, 0.5) is 0 Å². The van der Waals surface area contributed by atoms with Crippen molar-refractivity contribution in [1.82, 2.24) is 0 Å². The molecule has 0 amide bonds. The Morgan fingerprint density at radius 1 is 1.28 bits per heavy atom. The van der Waals surface area contributed by atoms with E-state index >= 15 is 0 Å². The molecular formula is C14H17NO3. The molecule has 0 atom stereocenters. The Morgan fingerprint density at radius 2 is 1.94 bits per heavy atom. The molecule has 4 nitrogen and oxygen atoms in total. The molecule has 0 spiro atoms. The minimum atomic E-state index is -0.379. The van der Waals surface area contributed by atoms with Crippen LogP contribution in [0.2, 0.25) is 0 Å². The molecule has 1 aromatic rings. The number of rotatable bonds is 4. The van der Waals surface area contributed by atoms with E-state index in [1.165, 1.54) is 0 Å². The maximum Gasteiger partial charge on any atom is 0.235 e. The first kappa shape index (κ1) is 12.7. The predicted octanol–water partition coefficient (Wildman–Crippen LogP) is 2.65. The Hall–Kier alpha value is -1.80. The summed E-state index contributed by atoms with van der Waals surface area (Å²) < 4.78 is 10.7. The molecule has 1 fully saturated rings. The minimum absolute atomic E-state index is 0.379. The summed E-state index contributed by atoms with van der Waals surface area (Å²) in [5.41, 5.74) is 2.76. The number of carbonyl (C=O) groups excluding carboxylic acids is 1. The summed E-state index contributed by atoms with van der Waals surface area (Å²) in [6, 6.07) is 1.93. The second-order valence-corrected chi connectivity index (χ2v) is 4.66. The van der Waals surface area contributed by atoms with Crippen molar-refractivity contribution in [2.24, 2.45) is 4.99 Å². The number of aryl methyl sites for hydroxylation is 1. The van der Waals surface area contributed by atoms with Crippen LogP contribution in [-0.4, -0.2) is 20.3 Å². The first-order chi connectivity index (χ1) is 8.59. The Morgan fingerprint density at radius 3 is 2.39 bits per heavy atom. The molecule has 1 aliphatic rings. The Kier molecular flexibility index (Phi) is 3.14. The molecule has 0 unspecified atom stereocenters. The van der Waals surface area contributed by atoms with E-state index in [-0.39, 0.29) is 5.54 Å². The van der Waals surface area contributed by atoms with Crippen molar-refractivity contribution in [2.45, 2.75) is 32.2 Å². The predicted molar refractivity (Wildman–Crippen MR) is 68.1 cm³/mol. The number of hydrogen-bond acceptors (Lipinski definition) is 4. The van der Waals surface area contributed by atoms with E-state index in [2.05, 4.69) is 4.99 Å². The molecule has 0 radical (unpaired) electrons. The lowest BCUT2D eigenvalue weighted by molar-refractivity contribution is 0.351. The van der Waals surface area contributed by atoms with Gasteiger partial charge in [0.2, 0.25) is 6.08 Å². The van der Waals surface area contributed by atoms with Gasteiger partial charge in [-0.1, -0.05) is 0 Å². The van der Waals surface area contributed by atoms with Gasteiger partial charge in [0.25, 0.3) is 0 Å². The maximum atomic E-state index is 10.6. The molecule has 1 saturated carbocycles. The molecule has 0 N–H and O–H groups in total. The Bertz CT molecular complexity index is 526. The van der Waals surface area contributed by atoms with Gasteiger partial charge in [-0.3, -0.25) is 0 Å². The fraction of sp³-hybridized carbons (Fsp3) is 0.500. The SMILES string of the molecule is COc1cc(C)c(C2(N=C=O)CC2)c(C)c1OC. The normalized spacial score (nSPS) is 15.8. The monoisotopic (exact) mass is 247 g/mol. The summed E-state index contributed by atoms with van der Waals surface area (Å²) in [6.45, 7) is 3.98. The van der Waals surface area contributed by atoms with Gasteiger partial charge in [0.05, 0.1) is 19.8 Å². The molecule has 0 heterocycles. The van der Waals surface area contributed by atoms with Crippen molar-refractivity contribution in [3.8, 4) is 11.5 Å². The van der Waals surface area contributed by atoms with Crippen molar-refractivity contribution < 1.29 is 14.3 Å². The number of ether oxygens (including phenoxy) is 2. The first-order valence-electron chi connectivity index (χ1n) is 5.91. The molecule has 18 heavy (non-hydrogen) atoms. The smallest absolute Gasteiger partial charge is 0.235 e. The largest absolute Gasteiger partial charge is 0.493 e. The van der Waals surface area contributed by atoms with Gasteiger partial charge in [0.15, 0.2) is 11.5 Å². The molecular weight excluding hydrogens is 230 g/mol. The van der Waals surface area contributed by atoms with Gasteiger partial charge in [0, 0.05) is 5.56 Å². The number of nitrogens with zero attached hydrogens (tertiary/aromatic N) is 1. The second-order valence-electron chi connectivity index (χ2n) is 4.66. The molecule has 1 aromatic carbocycles. The van der Waals surface area contributed by atoms with Crippen molar-refractivity contribution in [3.05, 3.63) is 22.8 Å². The van der Waals surface area contributed by atoms with Crippen LogP contribution in [0.25, 0.3) is 0 Å². The van der Waals surface area contributed by atoms with Crippen LogP contribution in [0.5, 0.6) is 11.5 Å². The van der Waals surface area contributed by atoms with E-state index < -0.39 is 0 Å². The van der Waals surface area contributed by atoms with E-state index in [0.29, 0.717) is 11.5 Å². The number of hydrogen-bond donors (Lipinski definition) is 0. The van der Waals surface area contributed by atoms with Crippen molar-refractivity contribution in [2.75, 3.05) is 14.2 Å². The Labute approximate surface area is 107 Å². The highest BCUT2D eigenvalue weighted by Crippen LogP contribution is 2.53. The van der Waals surface area contributed by atoms with E-state index in [4.69, 9.17) is 9.47 Å². The minimum Gasteiger partial charge on any atom is -0.493 e. The zero-order valence-electron chi connectivity index (χ0n) is 11.2. The molecule has 96 valence electrons. The summed E-state index contributed by atoms with van der Waals surface area (Å²) in [6.07, 6.45) is 3.47. The molecule has 0 aromatic heterocycles. The summed E-state index contributed by atoms with van der Waals surface area (Å²) >= 11 is 0. The van der Waals surface area contributed by atoms with Crippen LogP contribution in [-0.2, 0) is 10.3 Å². The lowest BCUT2D eigenvalue weighted by Gasteiger charge is -2.20. The van der Waals surface area contributed by atoms with Gasteiger partial charge in [-0.2, -0.15) is 4.99 Å². The standard InChI is InChI=1S/C14H17NO3/c1-9-7-11(17-3)13(18-4)10(2)12(9)14(5-6-14)15-8-16/h7H,5-6H2,1-4H3. The molecule has 0 saturated heterocycles. The van der Waals surface area contributed by atoms with Gasteiger partial charge in [-0.25, -0.2) is 4.79 Å². The fourth-order valence-corrected chi connectivity index (χ4v) is 2.67. The lowest BCUT2D eigenvalue weighted by atomic mass is 9.93. The summed E-state index contributed by atoms with van der Waals surface area (Å²) in [7, 11) is 3.24. The third kappa shape index (κ3) is 1.79. The van der Waals surface area contributed by atoms with E-state index in [1.807, 2.05) is 19.9 Å². The number of benzene rings is 1. The maximum absolute atomic E-state index is 10.6. The quantitative estimate of drug-likeness (QED) is 0.607. The first-order valence-corrected chi connectivity index (χ1v) is 5.91. The molecule has 1 aliphatic carbocycles. The zero-order valence-corrected chi connectivity index (χ0v) is 11.2. The summed E-state index contributed by atoms with van der Waals surface area (Å²) in [4.78, 5) is 14.6. The highest BCUT2D eigenvalue weighted by Gasteiger charge is 2.47. The number of isocyanates is 1. The van der Waals surface area contributed by atoms with Gasteiger partial charge >= 0.3 is 0 Å². The van der Waals surface area contributed by atoms with Gasteiger partial charge in [-0.05, 0) is 43.9 Å². The molecule has 0 aliphatic heterocycles. The topological polar surface area (TPSA) is 47.9 Å². The number of methoxy groups -OCH3 is 2. The van der Waals surface area contributed by atoms with Crippen LogP contribution in [0.1, 0.15) is 29.5 Å². The van der Waals surface area contributed by atoms with E-state index in [1.54, 1.807) is 20.3 Å². The van der Waals surface area contributed by atoms with Crippen LogP contribution < -0.4 is 9.47 Å². The van der Waals surface area contributed by atoms with Gasteiger partial charge in [0.1, 0.15) is 0 Å². The van der Waals surface area contributed by atoms with Crippen LogP contribution in [0.3, 0.4) is 0 Å². The van der Waals surface area contributed by atoms with Crippen molar-refractivity contribution >= 4 is 6.08 Å². The van der Waals surface area contributed by atoms with E-state index in [9.17, 15) is 4.79 Å². The van der Waals surface area contributed by atoms with Crippen LogP contribution >= 0.6 is 0 Å². The summed E-state index contributed by atoms with van der Waals surface area (Å²) in [5, 5.41) is 0. The average molecular weight is 247 g/mol. The molecule has 2 rings (SSSR count).